The minimum atomic E-state index is -0.365. The van der Waals surface area contributed by atoms with E-state index in [1.165, 1.54) is 10.5 Å². The van der Waals surface area contributed by atoms with Crippen molar-refractivity contribution in [2.24, 2.45) is 0 Å². The van der Waals surface area contributed by atoms with Crippen LogP contribution in [0.25, 0.3) is 55.3 Å². The van der Waals surface area contributed by atoms with Crippen LogP contribution in [-0.2, 0) is 16.8 Å². The minimum Gasteiger partial charge on any atom is -0.361 e. The van der Waals surface area contributed by atoms with Crippen LogP contribution < -0.4 is 9.80 Å². The van der Waals surface area contributed by atoms with Crippen LogP contribution in [0.4, 0.5) is 22.7 Å². The smallest absolute Gasteiger partial charge is 0.261 e. The fourth-order valence-electron chi connectivity index (χ4n) is 10.2. The summed E-state index contributed by atoms with van der Waals surface area (Å²) < 4.78 is 1.67. The molecular weight excluding hydrogens is 835 g/mol. The summed E-state index contributed by atoms with van der Waals surface area (Å²) >= 11 is 0. The Morgan fingerprint density at radius 2 is 1.37 bits per heavy atom. The average Bonchev–Trinajstić information content (AvgIpc) is 4.10. The van der Waals surface area contributed by atoms with Gasteiger partial charge in [-0.3, -0.25) is 24.3 Å². The Bertz CT molecular complexity index is 3300. The van der Waals surface area contributed by atoms with E-state index in [1.807, 2.05) is 79.0 Å². The third-order valence-electron chi connectivity index (χ3n) is 13.5. The number of hydrogen-bond acceptors (Lipinski definition) is 9. The van der Waals surface area contributed by atoms with E-state index >= 15 is 0 Å². The maximum atomic E-state index is 14.2. The molecule has 330 valence electrons. The van der Waals surface area contributed by atoms with Crippen molar-refractivity contribution in [2.75, 3.05) is 22.9 Å². The Kier molecular flexibility index (Phi) is 10.3. The number of nitrogens with one attached hydrogen (secondary N) is 1. The van der Waals surface area contributed by atoms with Gasteiger partial charge in [-0.1, -0.05) is 123 Å². The van der Waals surface area contributed by atoms with Crippen LogP contribution in [0, 0.1) is 0 Å². The number of H-pyrrole nitrogens is 1. The largest absolute Gasteiger partial charge is 0.361 e. The summed E-state index contributed by atoms with van der Waals surface area (Å²) in [6.07, 6.45) is 5.02. The lowest BCUT2D eigenvalue weighted by atomic mass is 9.78. The van der Waals surface area contributed by atoms with Crippen molar-refractivity contribution in [3.63, 3.8) is 0 Å². The van der Waals surface area contributed by atoms with Crippen molar-refractivity contribution in [3.05, 3.63) is 168 Å². The summed E-state index contributed by atoms with van der Waals surface area (Å²) in [5.41, 5.74) is 10.5. The molecule has 2 amide bonds. The van der Waals surface area contributed by atoms with Crippen LogP contribution in [-0.4, -0.2) is 72.5 Å². The highest BCUT2D eigenvalue weighted by Crippen LogP contribution is 2.49. The molecule has 0 fully saturated rings. The molecule has 12 nitrogen and oxygen atoms in total. The van der Waals surface area contributed by atoms with Gasteiger partial charge in [0.15, 0.2) is 0 Å². The molecule has 0 bridgehead atoms. The predicted molar refractivity (Wildman–Crippen MR) is 263 cm³/mol. The first-order valence-corrected chi connectivity index (χ1v) is 22.8. The summed E-state index contributed by atoms with van der Waals surface area (Å²) in [7, 11) is 0. The first kappa shape index (κ1) is 41.5. The number of aromatic nitrogens is 6. The van der Waals surface area contributed by atoms with E-state index in [2.05, 4.69) is 117 Å². The number of aromatic amines is 1. The second-order valence-electron chi connectivity index (χ2n) is 17.9. The Morgan fingerprint density at radius 3 is 2.09 bits per heavy atom. The summed E-state index contributed by atoms with van der Waals surface area (Å²) in [6.45, 7) is 7.70. The van der Waals surface area contributed by atoms with E-state index in [0.29, 0.717) is 33.6 Å². The van der Waals surface area contributed by atoms with E-state index in [0.717, 1.165) is 81.3 Å². The van der Waals surface area contributed by atoms with Gasteiger partial charge in [0.1, 0.15) is 17.7 Å². The SMILES string of the molecule is CCCCN1c2ccc3cc(-c4cn(CCN5C(=O)c6cccc7c(-c8[nH]nnc8-c8ccc(N(c9ccccc9)c9ccccc9)cc8)ccc(c67)C5=O)nn4)ccc3c2C(C)(C)C1C=O. The van der Waals surface area contributed by atoms with Crippen LogP contribution in [0.15, 0.2) is 152 Å². The number of carbonyl (C=O) groups excluding carboxylic acids is 3. The van der Waals surface area contributed by atoms with E-state index in [-0.39, 0.29) is 36.4 Å². The quantitative estimate of drug-likeness (QED) is 0.0887. The number of unbranched alkanes of at least 4 members (excludes halogenated alkanes) is 1. The third-order valence-corrected chi connectivity index (χ3v) is 13.5. The molecule has 12 heteroatoms. The lowest BCUT2D eigenvalue weighted by Crippen LogP contribution is -2.43. The van der Waals surface area contributed by atoms with E-state index in [4.69, 9.17) is 0 Å². The highest BCUT2D eigenvalue weighted by Gasteiger charge is 2.45. The molecule has 2 aliphatic rings. The second-order valence-corrected chi connectivity index (χ2v) is 17.9. The highest BCUT2D eigenvalue weighted by atomic mass is 16.2. The molecule has 0 radical (unpaired) electrons. The van der Waals surface area contributed by atoms with E-state index < -0.39 is 0 Å². The minimum absolute atomic E-state index is 0.111. The van der Waals surface area contributed by atoms with Crippen molar-refractivity contribution in [3.8, 4) is 33.8 Å². The molecule has 7 aromatic carbocycles. The first-order chi connectivity index (χ1) is 32.7. The number of hydrogen-bond donors (Lipinski definition) is 1. The van der Waals surface area contributed by atoms with Gasteiger partial charge < -0.3 is 14.6 Å². The van der Waals surface area contributed by atoms with Crippen LogP contribution in [0.1, 0.15) is 59.9 Å². The molecule has 0 spiro atoms. The van der Waals surface area contributed by atoms with Gasteiger partial charge in [-0.25, -0.2) is 0 Å². The van der Waals surface area contributed by atoms with Crippen molar-refractivity contribution >= 4 is 62.4 Å². The van der Waals surface area contributed by atoms with Crippen molar-refractivity contribution < 1.29 is 14.4 Å². The maximum Gasteiger partial charge on any atom is 0.261 e. The number of para-hydroxylation sites is 2. The molecule has 4 heterocycles. The Labute approximate surface area is 387 Å². The second kappa shape index (κ2) is 16.6. The number of nitrogens with zero attached hydrogens (tertiary/aromatic N) is 8. The van der Waals surface area contributed by atoms with Gasteiger partial charge in [-0.05, 0) is 88.8 Å². The van der Waals surface area contributed by atoms with Crippen LogP contribution >= 0.6 is 0 Å². The lowest BCUT2D eigenvalue weighted by molar-refractivity contribution is -0.109. The Balaban J connectivity index is 0.831. The van der Waals surface area contributed by atoms with Crippen molar-refractivity contribution in [2.45, 2.75) is 51.6 Å². The van der Waals surface area contributed by atoms with E-state index in [9.17, 15) is 14.4 Å². The number of carbonyl (C=O) groups is 3. The molecule has 0 saturated heterocycles. The summed E-state index contributed by atoms with van der Waals surface area (Å²) in [5, 5.41) is 24.3. The summed E-state index contributed by atoms with van der Waals surface area (Å²) in [4.78, 5) is 46.6. The zero-order chi connectivity index (χ0) is 45.8. The lowest BCUT2D eigenvalue weighted by Gasteiger charge is -2.30. The molecule has 1 atom stereocenters. The van der Waals surface area contributed by atoms with Gasteiger partial charge >= 0.3 is 0 Å². The first-order valence-electron chi connectivity index (χ1n) is 22.8. The van der Waals surface area contributed by atoms with Crippen LogP contribution in [0.2, 0.25) is 0 Å². The molecule has 9 aromatic rings. The summed E-state index contributed by atoms with van der Waals surface area (Å²) in [6, 6.07) is 48.2. The fourth-order valence-corrected chi connectivity index (χ4v) is 10.2. The molecular formula is C55H47N9O3. The number of aldehydes is 1. The monoisotopic (exact) mass is 881 g/mol. The van der Waals surface area contributed by atoms with Gasteiger partial charge in [0.25, 0.3) is 11.8 Å². The van der Waals surface area contributed by atoms with Crippen molar-refractivity contribution in [1.82, 2.24) is 35.3 Å². The molecule has 0 saturated carbocycles. The number of benzene rings is 7. The average molecular weight is 882 g/mol. The molecule has 1 N–H and O–H groups in total. The fraction of sp³-hybridized carbons (Fsp3) is 0.182. The summed E-state index contributed by atoms with van der Waals surface area (Å²) in [5.74, 6) is -0.730. The Hall–Kier alpha value is -8.25. The van der Waals surface area contributed by atoms with Crippen LogP contribution in [0.5, 0.6) is 0 Å². The van der Waals surface area contributed by atoms with Crippen LogP contribution in [0.3, 0.4) is 0 Å². The standard InChI is InChI=1S/C55H47N9O3/c1-4-5-29-62-47-28-22-36-32-37(21-25-41(36)50(47)55(2,3)48(62)34-65)46-33-61(60-56-46)30-31-63-53(66)44-18-12-17-42-43(26-27-45(49(42)44)54(63)67)52-51(57-59-58-52)35-19-23-40(24-20-35)64(38-13-8-6-9-14-38)39-15-10-7-11-16-39/h6-28,32-34,48H,4-5,29-31H2,1-3H3,(H,57,58,59). The zero-order valence-electron chi connectivity index (χ0n) is 37.4. The molecule has 0 aliphatic carbocycles. The van der Waals surface area contributed by atoms with E-state index in [1.54, 1.807) is 16.8 Å². The predicted octanol–water partition coefficient (Wildman–Crippen LogP) is 10.9. The third kappa shape index (κ3) is 6.95. The number of anilines is 4. The molecule has 67 heavy (non-hydrogen) atoms. The zero-order valence-corrected chi connectivity index (χ0v) is 37.4. The van der Waals surface area contributed by atoms with Gasteiger partial charge in [0.2, 0.25) is 0 Å². The number of imide groups is 1. The molecule has 1 unspecified atom stereocenters. The molecule has 2 aliphatic heterocycles. The Morgan fingerprint density at radius 1 is 0.687 bits per heavy atom. The van der Waals surface area contributed by atoms with Gasteiger partial charge in [0, 0.05) is 74.5 Å². The maximum absolute atomic E-state index is 14.2. The molecule has 11 rings (SSSR count). The normalized spacial score (nSPS) is 15.1. The topological polar surface area (TPSA) is 133 Å². The van der Waals surface area contributed by atoms with Gasteiger partial charge in [-0.15, -0.1) is 10.2 Å². The molecule has 2 aromatic heterocycles. The van der Waals surface area contributed by atoms with Gasteiger partial charge in [-0.2, -0.15) is 0 Å². The van der Waals surface area contributed by atoms with Crippen molar-refractivity contribution in [1.29, 1.82) is 0 Å². The number of amides is 2. The van der Waals surface area contributed by atoms with Gasteiger partial charge in [0.05, 0.1) is 24.5 Å². The highest BCUT2D eigenvalue weighted by molar-refractivity contribution is 6.27. The number of rotatable bonds is 13. The number of fused-ring (bicyclic) bond motifs is 3.